The fraction of sp³-hybridized carbons (Fsp3) is 0.208. The number of esters is 1. The van der Waals surface area contributed by atoms with Crippen molar-refractivity contribution in [2.45, 2.75) is 19.9 Å². The van der Waals surface area contributed by atoms with Crippen molar-refractivity contribution < 1.29 is 19.0 Å². The van der Waals surface area contributed by atoms with Crippen LogP contribution < -0.4 is 24.4 Å². The van der Waals surface area contributed by atoms with Gasteiger partial charge in [-0.15, -0.1) is 0 Å². The lowest BCUT2D eigenvalue weighted by molar-refractivity contribution is -0.139. The molecule has 0 radical (unpaired) electrons. The topological polar surface area (TPSA) is 79.1 Å². The zero-order chi connectivity index (χ0) is 23.1. The molecule has 0 spiro atoms. The molecule has 7 nitrogen and oxygen atoms in total. The molecule has 0 amide bonds. The Morgan fingerprint density at radius 3 is 2.73 bits per heavy atom. The zero-order valence-electron chi connectivity index (χ0n) is 17.8. The number of allylic oxidation sites excluding steroid dienone is 1. The highest BCUT2D eigenvalue weighted by molar-refractivity contribution is 7.07. The predicted molar refractivity (Wildman–Crippen MR) is 124 cm³/mol. The van der Waals surface area contributed by atoms with Crippen LogP contribution in [0, 0.1) is 0 Å². The molecule has 0 saturated heterocycles. The van der Waals surface area contributed by atoms with Crippen molar-refractivity contribution in [1.29, 1.82) is 0 Å². The molecule has 1 aromatic heterocycles. The molecule has 33 heavy (non-hydrogen) atoms. The molecule has 2 aromatic carbocycles. The number of carbonyl (C=O) groups excluding carboxylic acids is 1. The lowest BCUT2D eigenvalue weighted by atomic mass is 9.96. The van der Waals surface area contributed by atoms with E-state index in [-0.39, 0.29) is 19.0 Å². The highest BCUT2D eigenvalue weighted by Crippen LogP contribution is 2.37. The number of benzene rings is 2. The second kappa shape index (κ2) is 8.53. The normalized spacial score (nSPS) is 17.1. The third kappa shape index (κ3) is 3.75. The van der Waals surface area contributed by atoms with Gasteiger partial charge in [0.2, 0.25) is 6.79 Å². The van der Waals surface area contributed by atoms with Crippen molar-refractivity contribution in [2.24, 2.45) is 4.99 Å². The molecular formula is C24H19ClN2O5S. The number of fused-ring (bicyclic) bond motifs is 2. The molecule has 2 aliphatic heterocycles. The van der Waals surface area contributed by atoms with Gasteiger partial charge in [-0.3, -0.25) is 9.36 Å². The van der Waals surface area contributed by atoms with Gasteiger partial charge in [0.25, 0.3) is 5.56 Å². The summed E-state index contributed by atoms with van der Waals surface area (Å²) in [4.78, 5) is 31.5. The number of aromatic nitrogens is 1. The van der Waals surface area contributed by atoms with Gasteiger partial charge in [-0.1, -0.05) is 53.3 Å². The lowest BCUT2D eigenvalue weighted by Gasteiger charge is -2.24. The second-order valence-electron chi connectivity index (χ2n) is 7.44. The molecule has 9 heteroatoms. The maximum absolute atomic E-state index is 13.6. The lowest BCUT2D eigenvalue weighted by Crippen LogP contribution is -2.39. The number of thiazole rings is 1. The fourth-order valence-electron chi connectivity index (χ4n) is 3.93. The monoisotopic (exact) mass is 482 g/mol. The van der Waals surface area contributed by atoms with E-state index in [1.165, 1.54) is 11.3 Å². The first-order valence-corrected chi connectivity index (χ1v) is 11.5. The molecule has 1 atom stereocenters. The summed E-state index contributed by atoms with van der Waals surface area (Å²) < 4.78 is 18.1. The summed E-state index contributed by atoms with van der Waals surface area (Å²) >= 11 is 7.66. The third-order valence-corrected chi connectivity index (χ3v) is 6.72. The predicted octanol–water partition coefficient (Wildman–Crippen LogP) is 3.18. The van der Waals surface area contributed by atoms with Crippen molar-refractivity contribution in [3.8, 4) is 11.5 Å². The maximum atomic E-state index is 13.6. The van der Waals surface area contributed by atoms with Crippen molar-refractivity contribution in [3.63, 3.8) is 0 Å². The smallest absolute Gasteiger partial charge is 0.338 e. The fourth-order valence-corrected chi connectivity index (χ4v) is 5.17. The third-order valence-electron chi connectivity index (χ3n) is 5.41. The van der Waals surface area contributed by atoms with E-state index in [9.17, 15) is 9.59 Å². The van der Waals surface area contributed by atoms with E-state index >= 15 is 0 Å². The first-order valence-electron chi connectivity index (χ1n) is 10.3. The van der Waals surface area contributed by atoms with E-state index < -0.39 is 12.0 Å². The zero-order valence-corrected chi connectivity index (χ0v) is 19.4. The van der Waals surface area contributed by atoms with Crippen LogP contribution in [-0.2, 0) is 9.53 Å². The molecule has 0 N–H and O–H groups in total. The van der Waals surface area contributed by atoms with Gasteiger partial charge in [0, 0.05) is 6.07 Å². The summed E-state index contributed by atoms with van der Waals surface area (Å²) in [5, 5.41) is 0.438. The molecule has 2 aliphatic rings. The van der Waals surface area contributed by atoms with Gasteiger partial charge in [0.05, 0.1) is 33.5 Å². The molecule has 5 rings (SSSR count). The molecule has 3 aromatic rings. The van der Waals surface area contributed by atoms with E-state index in [2.05, 4.69) is 4.99 Å². The SMILES string of the molecule is CCOC(=O)C1=C(C)N=c2sc(=Cc3cc4c(cc3Cl)OCO4)c(=O)n2C1c1ccccc1. The number of carbonyl (C=O) groups is 1. The van der Waals surface area contributed by atoms with Gasteiger partial charge in [-0.2, -0.15) is 0 Å². The van der Waals surface area contributed by atoms with Crippen LogP contribution in [0.5, 0.6) is 11.5 Å². The molecule has 3 heterocycles. The Hall–Kier alpha value is -3.36. The van der Waals surface area contributed by atoms with Gasteiger partial charge in [0.1, 0.15) is 0 Å². The number of hydrogen-bond acceptors (Lipinski definition) is 7. The van der Waals surface area contributed by atoms with Gasteiger partial charge >= 0.3 is 5.97 Å². The summed E-state index contributed by atoms with van der Waals surface area (Å²) in [5.41, 5.74) is 2.03. The van der Waals surface area contributed by atoms with Crippen LogP contribution in [-0.4, -0.2) is 23.9 Å². The van der Waals surface area contributed by atoms with Gasteiger partial charge in [-0.25, -0.2) is 9.79 Å². The summed E-state index contributed by atoms with van der Waals surface area (Å²) in [6, 6.07) is 12.2. The minimum atomic E-state index is -0.643. The maximum Gasteiger partial charge on any atom is 0.338 e. The van der Waals surface area contributed by atoms with Crippen LogP contribution in [0.25, 0.3) is 6.08 Å². The quantitative estimate of drug-likeness (QED) is 0.534. The minimum absolute atomic E-state index is 0.129. The van der Waals surface area contributed by atoms with Crippen LogP contribution in [0.3, 0.4) is 0 Å². The van der Waals surface area contributed by atoms with E-state index in [4.69, 9.17) is 25.8 Å². The van der Waals surface area contributed by atoms with E-state index in [0.717, 1.165) is 5.56 Å². The first kappa shape index (κ1) is 21.5. The van der Waals surface area contributed by atoms with Crippen LogP contribution in [0.2, 0.25) is 5.02 Å². The highest BCUT2D eigenvalue weighted by Gasteiger charge is 2.33. The van der Waals surface area contributed by atoms with Gasteiger partial charge in [0.15, 0.2) is 16.3 Å². The Labute approximate surface area is 197 Å². The number of hydrogen-bond donors (Lipinski definition) is 0. The highest BCUT2D eigenvalue weighted by atomic mass is 35.5. The molecule has 0 aliphatic carbocycles. The molecule has 168 valence electrons. The van der Waals surface area contributed by atoms with E-state index in [1.807, 2.05) is 30.3 Å². The Bertz CT molecular complexity index is 1470. The van der Waals surface area contributed by atoms with Crippen molar-refractivity contribution in [3.05, 3.63) is 89.6 Å². The average Bonchev–Trinajstić information content (AvgIpc) is 3.37. The minimum Gasteiger partial charge on any atom is -0.463 e. The number of nitrogens with zero attached hydrogens (tertiary/aromatic N) is 2. The van der Waals surface area contributed by atoms with Crippen LogP contribution in [0.15, 0.2) is 63.5 Å². The Kier molecular flexibility index (Phi) is 5.55. The van der Waals surface area contributed by atoms with Crippen LogP contribution in [0.4, 0.5) is 0 Å². The number of ether oxygens (including phenoxy) is 3. The van der Waals surface area contributed by atoms with Crippen LogP contribution >= 0.6 is 22.9 Å². The molecule has 1 unspecified atom stereocenters. The standard InChI is InChI=1S/C24H19ClN2O5S/c1-3-30-23(29)20-13(2)26-24-27(21(20)14-7-5-4-6-8-14)22(28)19(33-24)10-15-9-17-18(11-16(15)25)32-12-31-17/h4-11,21H,3,12H2,1-2H3. The average molecular weight is 483 g/mol. The molecular weight excluding hydrogens is 464 g/mol. The Morgan fingerprint density at radius 1 is 1.27 bits per heavy atom. The van der Waals surface area contributed by atoms with E-state index in [1.54, 1.807) is 36.6 Å². The molecule has 0 bridgehead atoms. The van der Waals surface area contributed by atoms with E-state index in [0.29, 0.717) is 42.7 Å². The summed E-state index contributed by atoms with van der Waals surface area (Å²) in [6.07, 6.45) is 1.71. The van der Waals surface area contributed by atoms with Gasteiger partial charge < -0.3 is 14.2 Å². The van der Waals surface area contributed by atoms with Gasteiger partial charge in [-0.05, 0) is 37.1 Å². The Morgan fingerprint density at radius 2 is 2.00 bits per heavy atom. The number of rotatable bonds is 4. The summed E-state index contributed by atoms with van der Waals surface area (Å²) in [6.45, 7) is 3.86. The van der Waals surface area contributed by atoms with Crippen LogP contribution in [0.1, 0.15) is 31.0 Å². The number of halogens is 1. The van der Waals surface area contributed by atoms with Crippen molar-refractivity contribution in [2.75, 3.05) is 13.4 Å². The first-order chi connectivity index (χ1) is 16.0. The largest absolute Gasteiger partial charge is 0.463 e. The summed E-state index contributed by atoms with van der Waals surface area (Å²) in [7, 11) is 0. The molecule has 0 saturated carbocycles. The summed E-state index contributed by atoms with van der Waals surface area (Å²) in [5.74, 6) is 0.652. The van der Waals surface area contributed by atoms with Crippen molar-refractivity contribution >= 4 is 35.0 Å². The molecule has 0 fully saturated rings. The Balaban J connectivity index is 1.71. The second-order valence-corrected chi connectivity index (χ2v) is 8.86. The van der Waals surface area contributed by atoms with Crippen molar-refractivity contribution in [1.82, 2.24) is 4.57 Å².